The third-order valence-corrected chi connectivity index (χ3v) is 1.86. The first-order chi connectivity index (χ1) is 6.61. The van der Waals surface area contributed by atoms with Crippen LogP contribution in [-0.4, -0.2) is 26.9 Å². The lowest BCUT2D eigenvalue weighted by Crippen LogP contribution is -2.35. The van der Waals surface area contributed by atoms with E-state index in [0.29, 0.717) is 5.82 Å². The minimum absolute atomic E-state index is 0.102. The Balaban J connectivity index is 2.41. The summed E-state index contributed by atoms with van der Waals surface area (Å²) < 4.78 is 0. The van der Waals surface area contributed by atoms with Crippen LogP contribution in [0.3, 0.4) is 0 Å². The fourth-order valence-corrected chi connectivity index (χ4v) is 0.938. The minimum Gasteiger partial charge on any atom is -0.381 e. The number of nitrogens with one attached hydrogen (secondary N) is 1. The first-order valence-electron chi connectivity index (χ1n) is 4.56. The Morgan fingerprint density at radius 1 is 1.79 bits per heavy atom. The Bertz CT molecular complexity index is 308. The van der Waals surface area contributed by atoms with Gasteiger partial charge in [0.05, 0.1) is 6.20 Å². The van der Waals surface area contributed by atoms with Gasteiger partial charge in [-0.05, 0) is 13.3 Å². The molecule has 1 unspecified atom stereocenters. The zero-order chi connectivity index (χ0) is 10.6. The van der Waals surface area contributed by atoms with Crippen molar-refractivity contribution in [3.63, 3.8) is 0 Å². The molecule has 3 N–H and O–H groups in total. The van der Waals surface area contributed by atoms with Gasteiger partial charge in [0.1, 0.15) is 6.54 Å². The Kier molecular flexibility index (Phi) is 3.44. The molecule has 1 heterocycles. The number of amides is 1. The Morgan fingerprint density at radius 3 is 3.00 bits per heavy atom. The summed E-state index contributed by atoms with van der Waals surface area (Å²) in [5.74, 6) is 0.219. The SMILES string of the molecule is CCC(C)NC(=O)Cn1ncc(N)n1. The standard InChI is InChI=1S/C8H15N5O/c1-3-6(2)11-8(14)5-13-10-4-7(9)12-13/h4,6H,3,5H2,1-2H3,(H2,9,12)(H,11,14). The van der Waals surface area contributed by atoms with Crippen molar-refractivity contribution >= 4 is 11.7 Å². The van der Waals surface area contributed by atoms with Crippen molar-refractivity contribution < 1.29 is 4.79 Å². The second kappa shape index (κ2) is 4.59. The summed E-state index contributed by atoms with van der Waals surface area (Å²) in [4.78, 5) is 12.6. The number of rotatable bonds is 4. The van der Waals surface area contributed by atoms with Crippen molar-refractivity contribution in [3.8, 4) is 0 Å². The van der Waals surface area contributed by atoms with Crippen molar-refractivity contribution in [2.45, 2.75) is 32.9 Å². The van der Waals surface area contributed by atoms with Crippen LogP contribution in [0.5, 0.6) is 0 Å². The molecule has 0 saturated carbocycles. The van der Waals surface area contributed by atoms with Gasteiger partial charge >= 0.3 is 0 Å². The van der Waals surface area contributed by atoms with Crippen LogP contribution in [0, 0.1) is 0 Å². The summed E-state index contributed by atoms with van der Waals surface area (Å²) in [6, 6.07) is 0.176. The number of aromatic nitrogens is 3. The highest BCUT2D eigenvalue weighted by molar-refractivity contribution is 5.75. The van der Waals surface area contributed by atoms with Gasteiger partial charge < -0.3 is 11.1 Å². The van der Waals surface area contributed by atoms with Crippen LogP contribution in [0.1, 0.15) is 20.3 Å². The van der Waals surface area contributed by atoms with Crippen LogP contribution >= 0.6 is 0 Å². The molecular weight excluding hydrogens is 182 g/mol. The molecule has 0 fully saturated rings. The number of carbonyl (C=O) groups excluding carboxylic acids is 1. The van der Waals surface area contributed by atoms with Gasteiger partial charge in [0.2, 0.25) is 5.91 Å². The third kappa shape index (κ3) is 3.04. The van der Waals surface area contributed by atoms with Gasteiger partial charge in [-0.2, -0.15) is 9.90 Å². The largest absolute Gasteiger partial charge is 0.381 e. The summed E-state index contributed by atoms with van der Waals surface area (Å²) in [6.45, 7) is 4.07. The zero-order valence-corrected chi connectivity index (χ0v) is 8.40. The molecule has 0 saturated heterocycles. The van der Waals surface area contributed by atoms with Crippen molar-refractivity contribution in [1.82, 2.24) is 20.3 Å². The highest BCUT2D eigenvalue weighted by Gasteiger charge is 2.07. The van der Waals surface area contributed by atoms with E-state index in [9.17, 15) is 4.79 Å². The van der Waals surface area contributed by atoms with Crippen LogP contribution in [0.2, 0.25) is 0 Å². The van der Waals surface area contributed by atoms with Gasteiger partial charge in [0.15, 0.2) is 5.82 Å². The summed E-state index contributed by atoms with van der Waals surface area (Å²) in [6.07, 6.45) is 2.32. The monoisotopic (exact) mass is 197 g/mol. The molecule has 0 spiro atoms. The summed E-state index contributed by atoms with van der Waals surface area (Å²) in [5.41, 5.74) is 5.36. The van der Waals surface area contributed by atoms with Crippen LogP contribution in [0.25, 0.3) is 0 Å². The lowest BCUT2D eigenvalue weighted by molar-refractivity contribution is -0.122. The second-order valence-corrected chi connectivity index (χ2v) is 3.18. The van der Waals surface area contributed by atoms with Crippen molar-refractivity contribution in [2.24, 2.45) is 0 Å². The number of anilines is 1. The molecule has 0 aliphatic rings. The Hall–Kier alpha value is -1.59. The number of hydrogen-bond donors (Lipinski definition) is 2. The smallest absolute Gasteiger partial charge is 0.243 e. The predicted molar refractivity (Wildman–Crippen MR) is 52.3 cm³/mol. The van der Waals surface area contributed by atoms with Crippen molar-refractivity contribution in [2.75, 3.05) is 5.73 Å². The first kappa shape index (κ1) is 10.5. The third-order valence-electron chi connectivity index (χ3n) is 1.86. The molecule has 0 aromatic carbocycles. The van der Waals surface area contributed by atoms with Gasteiger partial charge in [-0.15, -0.1) is 5.10 Å². The van der Waals surface area contributed by atoms with Gasteiger partial charge in [-0.3, -0.25) is 4.79 Å². The number of nitrogen functional groups attached to an aromatic ring is 1. The summed E-state index contributed by atoms with van der Waals surface area (Å²) >= 11 is 0. The molecular formula is C8H15N5O. The van der Waals surface area contributed by atoms with Crippen molar-refractivity contribution in [3.05, 3.63) is 6.20 Å². The first-order valence-corrected chi connectivity index (χ1v) is 4.56. The molecule has 6 nitrogen and oxygen atoms in total. The number of carbonyl (C=O) groups is 1. The van der Waals surface area contributed by atoms with Crippen LogP contribution in [0.4, 0.5) is 5.82 Å². The molecule has 14 heavy (non-hydrogen) atoms. The van der Waals surface area contributed by atoms with Crippen molar-refractivity contribution in [1.29, 1.82) is 0 Å². The van der Waals surface area contributed by atoms with E-state index < -0.39 is 0 Å². The molecule has 0 bridgehead atoms. The molecule has 0 radical (unpaired) electrons. The lowest BCUT2D eigenvalue weighted by Gasteiger charge is -2.10. The van der Waals surface area contributed by atoms with E-state index in [1.54, 1.807) is 0 Å². The fourth-order valence-electron chi connectivity index (χ4n) is 0.938. The topological polar surface area (TPSA) is 85.8 Å². The molecule has 0 aliphatic carbocycles. The van der Waals surface area contributed by atoms with Crippen LogP contribution in [0.15, 0.2) is 6.20 Å². The molecule has 1 aromatic rings. The molecule has 1 amide bonds. The van der Waals surface area contributed by atoms with E-state index >= 15 is 0 Å². The molecule has 1 atom stereocenters. The highest BCUT2D eigenvalue weighted by Crippen LogP contribution is 1.92. The average Bonchev–Trinajstić information content (AvgIpc) is 2.50. The van der Waals surface area contributed by atoms with Gasteiger partial charge in [0, 0.05) is 6.04 Å². The van der Waals surface area contributed by atoms with E-state index in [0.717, 1.165) is 6.42 Å². The number of nitrogens with two attached hydrogens (primary N) is 1. The number of hydrogen-bond acceptors (Lipinski definition) is 4. The maximum Gasteiger partial charge on any atom is 0.243 e. The fraction of sp³-hybridized carbons (Fsp3) is 0.625. The van der Waals surface area contributed by atoms with Gasteiger partial charge in [0.25, 0.3) is 0 Å². The number of nitrogens with zero attached hydrogens (tertiary/aromatic N) is 3. The lowest BCUT2D eigenvalue weighted by atomic mass is 10.2. The average molecular weight is 197 g/mol. The Morgan fingerprint density at radius 2 is 2.50 bits per heavy atom. The van der Waals surface area contributed by atoms with Crippen LogP contribution in [-0.2, 0) is 11.3 Å². The van der Waals surface area contributed by atoms with E-state index in [2.05, 4.69) is 15.5 Å². The van der Waals surface area contributed by atoms with Crippen LogP contribution < -0.4 is 11.1 Å². The van der Waals surface area contributed by atoms with E-state index in [-0.39, 0.29) is 18.5 Å². The molecule has 1 rings (SSSR count). The molecule has 1 aromatic heterocycles. The quantitative estimate of drug-likeness (QED) is 0.698. The predicted octanol–water partition coefficient (Wildman–Crippen LogP) is -0.225. The normalized spacial score (nSPS) is 12.4. The molecule has 78 valence electrons. The van der Waals surface area contributed by atoms with E-state index in [1.165, 1.54) is 11.0 Å². The summed E-state index contributed by atoms with van der Waals surface area (Å²) in [7, 11) is 0. The van der Waals surface area contributed by atoms with Gasteiger partial charge in [-0.1, -0.05) is 6.92 Å². The Labute approximate surface area is 82.5 Å². The summed E-state index contributed by atoms with van der Waals surface area (Å²) in [5, 5.41) is 10.4. The molecule has 6 heteroatoms. The highest BCUT2D eigenvalue weighted by atomic mass is 16.2. The van der Waals surface area contributed by atoms with E-state index in [4.69, 9.17) is 5.73 Å². The maximum atomic E-state index is 11.3. The van der Waals surface area contributed by atoms with E-state index in [1.807, 2.05) is 13.8 Å². The zero-order valence-electron chi connectivity index (χ0n) is 8.40. The maximum absolute atomic E-state index is 11.3. The van der Waals surface area contributed by atoms with Gasteiger partial charge in [-0.25, -0.2) is 0 Å². The molecule has 0 aliphatic heterocycles. The minimum atomic E-state index is -0.102. The second-order valence-electron chi connectivity index (χ2n) is 3.18.